The number of nitrogens with one attached hydrogen (secondary N) is 2. The molecule has 0 bridgehead atoms. The minimum absolute atomic E-state index is 0.0173. The number of benzene rings is 3. The number of halogens is 1. The van der Waals surface area contributed by atoms with E-state index in [0.29, 0.717) is 11.6 Å². The molecule has 176 valence electrons. The molecule has 0 aliphatic heterocycles. The van der Waals surface area contributed by atoms with E-state index in [1.807, 2.05) is 60.7 Å². The fourth-order valence-corrected chi connectivity index (χ4v) is 3.56. The zero-order chi connectivity index (χ0) is 24.3. The summed E-state index contributed by atoms with van der Waals surface area (Å²) < 4.78 is 9.96. The van der Waals surface area contributed by atoms with Crippen LogP contribution in [0.2, 0.25) is 5.02 Å². The van der Waals surface area contributed by atoms with Crippen LogP contribution < -0.4 is 10.6 Å². The lowest BCUT2D eigenvalue weighted by Gasteiger charge is -2.19. The number of esters is 1. The smallest absolute Gasteiger partial charge is 0.340 e. The molecule has 3 aromatic carbocycles. The molecule has 3 aromatic rings. The monoisotopic (exact) mass is 480 g/mol. The Morgan fingerprint density at radius 2 is 1.44 bits per heavy atom. The van der Waals surface area contributed by atoms with Gasteiger partial charge in [-0.15, -0.1) is 0 Å². The summed E-state index contributed by atoms with van der Waals surface area (Å²) in [5.74, 6) is -1.51. The second-order valence-electron chi connectivity index (χ2n) is 7.40. The third-order valence-electron chi connectivity index (χ3n) is 5.03. The number of hydrogen-bond donors (Lipinski definition) is 2. The number of anilines is 1. The molecule has 0 aromatic heterocycles. The lowest BCUT2D eigenvalue weighted by molar-refractivity contribution is -0.128. The molecular formula is C26H25ClN2O5. The zero-order valence-electron chi connectivity index (χ0n) is 18.6. The number of hydrogen-bond acceptors (Lipinski definition) is 5. The lowest BCUT2D eigenvalue weighted by atomic mass is 9.91. The van der Waals surface area contributed by atoms with Crippen molar-refractivity contribution in [3.63, 3.8) is 0 Å². The van der Waals surface area contributed by atoms with Crippen LogP contribution in [0.1, 0.15) is 27.4 Å². The number of rotatable bonds is 10. The quantitative estimate of drug-likeness (QED) is 0.427. The van der Waals surface area contributed by atoms with Crippen LogP contribution in [0.3, 0.4) is 0 Å². The van der Waals surface area contributed by atoms with Crippen LogP contribution in [-0.4, -0.2) is 44.7 Å². The SMILES string of the molecule is COC(=O)c1cc(Cl)ccc1NC(=O)COCC(=O)NCC(c1ccccc1)c1ccccc1. The molecule has 3 rings (SSSR count). The van der Waals surface area contributed by atoms with E-state index in [2.05, 4.69) is 10.6 Å². The summed E-state index contributed by atoms with van der Waals surface area (Å²) in [7, 11) is 1.23. The number of amides is 2. The summed E-state index contributed by atoms with van der Waals surface area (Å²) in [6, 6.07) is 24.2. The van der Waals surface area contributed by atoms with Gasteiger partial charge in [0.25, 0.3) is 0 Å². The van der Waals surface area contributed by atoms with E-state index < -0.39 is 11.9 Å². The molecule has 0 atom stereocenters. The van der Waals surface area contributed by atoms with E-state index in [-0.39, 0.29) is 36.3 Å². The molecule has 0 saturated heterocycles. The molecular weight excluding hydrogens is 456 g/mol. The van der Waals surface area contributed by atoms with Crippen molar-refractivity contribution in [2.24, 2.45) is 0 Å². The van der Waals surface area contributed by atoms with Crippen LogP contribution in [0.4, 0.5) is 5.69 Å². The first-order valence-corrected chi connectivity index (χ1v) is 11.0. The van der Waals surface area contributed by atoms with Crippen LogP contribution in [0.15, 0.2) is 78.9 Å². The first-order chi connectivity index (χ1) is 16.5. The van der Waals surface area contributed by atoms with Gasteiger partial charge in [0.1, 0.15) is 13.2 Å². The van der Waals surface area contributed by atoms with Crippen molar-refractivity contribution in [2.75, 3.05) is 32.2 Å². The van der Waals surface area contributed by atoms with Crippen molar-refractivity contribution in [1.82, 2.24) is 5.32 Å². The van der Waals surface area contributed by atoms with Crippen molar-refractivity contribution in [3.05, 3.63) is 101 Å². The summed E-state index contributed by atoms with van der Waals surface area (Å²) in [4.78, 5) is 36.4. The van der Waals surface area contributed by atoms with Gasteiger partial charge in [0, 0.05) is 17.5 Å². The zero-order valence-corrected chi connectivity index (χ0v) is 19.4. The Labute approximate surface area is 203 Å². The number of carbonyl (C=O) groups is 3. The summed E-state index contributed by atoms with van der Waals surface area (Å²) in [5.41, 5.74) is 2.52. The van der Waals surface area contributed by atoms with E-state index >= 15 is 0 Å². The Bertz CT molecular complexity index is 1080. The Balaban J connectivity index is 1.50. The maximum Gasteiger partial charge on any atom is 0.340 e. The Morgan fingerprint density at radius 1 is 0.853 bits per heavy atom. The van der Waals surface area contributed by atoms with Gasteiger partial charge in [0.15, 0.2) is 0 Å². The fourth-order valence-electron chi connectivity index (χ4n) is 3.39. The molecule has 8 heteroatoms. The van der Waals surface area contributed by atoms with Gasteiger partial charge in [0.05, 0.1) is 18.4 Å². The number of carbonyl (C=O) groups excluding carboxylic acids is 3. The van der Waals surface area contributed by atoms with Crippen molar-refractivity contribution in [1.29, 1.82) is 0 Å². The Morgan fingerprint density at radius 3 is 2.03 bits per heavy atom. The Kier molecular flexibility index (Phi) is 9.20. The van der Waals surface area contributed by atoms with E-state index in [1.54, 1.807) is 0 Å². The van der Waals surface area contributed by atoms with E-state index in [4.69, 9.17) is 21.1 Å². The summed E-state index contributed by atoms with van der Waals surface area (Å²) >= 11 is 5.91. The molecule has 0 radical (unpaired) electrons. The first-order valence-electron chi connectivity index (χ1n) is 10.6. The molecule has 0 aliphatic carbocycles. The van der Waals surface area contributed by atoms with Crippen LogP contribution >= 0.6 is 11.6 Å². The fraction of sp³-hybridized carbons (Fsp3) is 0.192. The van der Waals surface area contributed by atoms with Gasteiger partial charge in [-0.3, -0.25) is 9.59 Å². The summed E-state index contributed by atoms with van der Waals surface area (Å²) in [5, 5.41) is 5.76. The minimum Gasteiger partial charge on any atom is -0.465 e. The number of methoxy groups -OCH3 is 1. The van der Waals surface area contributed by atoms with Gasteiger partial charge in [-0.05, 0) is 29.3 Å². The highest BCUT2D eigenvalue weighted by Crippen LogP contribution is 2.24. The molecule has 0 aliphatic rings. The molecule has 0 spiro atoms. The normalized spacial score (nSPS) is 10.6. The van der Waals surface area contributed by atoms with Crippen molar-refractivity contribution in [3.8, 4) is 0 Å². The van der Waals surface area contributed by atoms with Crippen LogP contribution in [0, 0.1) is 0 Å². The van der Waals surface area contributed by atoms with Gasteiger partial charge in [-0.1, -0.05) is 72.3 Å². The second kappa shape index (κ2) is 12.5. The van der Waals surface area contributed by atoms with Crippen LogP contribution in [0.5, 0.6) is 0 Å². The van der Waals surface area contributed by atoms with Gasteiger partial charge >= 0.3 is 5.97 Å². The van der Waals surface area contributed by atoms with Crippen molar-refractivity contribution < 1.29 is 23.9 Å². The maximum atomic E-state index is 12.3. The molecule has 2 amide bonds. The van der Waals surface area contributed by atoms with Gasteiger partial charge in [-0.25, -0.2) is 4.79 Å². The van der Waals surface area contributed by atoms with Crippen molar-refractivity contribution >= 4 is 35.1 Å². The third kappa shape index (κ3) is 7.16. The highest BCUT2D eigenvalue weighted by molar-refractivity contribution is 6.31. The third-order valence-corrected chi connectivity index (χ3v) is 5.27. The topological polar surface area (TPSA) is 93.7 Å². The maximum absolute atomic E-state index is 12.3. The largest absolute Gasteiger partial charge is 0.465 e. The molecule has 0 saturated carbocycles. The minimum atomic E-state index is -0.635. The van der Waals surface area contributed by atoms with Gasteiger partial charge in [0.2, 0.25) is 11.8 Å². The van der Waals surface area contributed by atoms with Gasteiger partial charge < -0.3 is 20.1 Å². The van der Waals surface area contributed by atoms with E-state index in [9.17, 15) is 14.4 Å². The van der Waals surface area contributed by atoms with Gasteiger partial charge in [-0.2, -0.15) is 0 Å². The predicted molar refractivity (Wildman–Crippen MR) is 130 cm³/mol. The predicted octanol–water partition coefficient (Wildman–Crippen LogP) is 4.03. The average Bonchev–Trinajstić information content (AvgIpc) is 2.86. The second-order valence-corrected chi connectivity index (χ2v) is 7.84. The van der Waals surface area contributed by atoms with E-state index in [1.165, 1.54) is 25.3 Å². The molecule has 34 heavy (non-hydrogen) atoms. The first kappa shape index (κ1) is 25.0. The molecule has 0 heterocycles. The molecule has 2 N–H and O–H groups in total. The highest BCUT2D eigenvalue weighted by Gasteiger charge is 2.17. The van der Waals surface area contributed by atoms with E-state index in [0.717, 1.165) is 11.1 Å². The van der Waals surface area contributed by atoms with Crippen LogP contribution in [-0.2, 0) is 19.1 Å². The number of ether oxygens (including phenoxy) is 2. The summed E-state index contributed by atoms with van der Waals surface area (Å²) in [6.07, 6.45) is 0. The molecule has 0 unspecified atom stereocenters. The average molecular weight is 481 g/mol. The van der Waals surface area contributed by atoms with Crippen LogP contribution in [0.25, 0.3) is 0 Å². The highest BCUT2D eigenvalue weighted by atomic mass is 35.5. The summed E-state index contributed by atoms with van der Waals surface area (Å²) in [6.45, 7) is -0.263. The molecule has 0 fully saturated rings. The lowest BCUT2D eigenvalue weighted by Crippen LogP contribution is -2.33. The standard InChI is InChI=1S/C26H25ClN2O5/c1-33-26(32)21-14-20(27)12-13-23(21)29-25(31)17-34-16-24(30)28-15-22(18-8-4-2-5-9-18)19-10-6-3-7-11-19/h2-14,22H,15-17H2,1H3,(H,28,30)(H,29,31). The Hall–Kier alpha value is -3.68. The van der Waals surface area contributed by atoms with Crippen molar-refractivity contribution in [2.45, 2.75) is 5.92 Å². The molecule has 7 nitrogen and oxygen atoms in total.